The van der Waals surface area contributed by atoms with Crippen molar-refractivity contribution in [3.8, 4) is 0 Å². The van der Waals surface area contributed by atoms with Crippen LogP contribution in [0.25, 0.3) is 0 Å². The molecule has 2 saturated heterocycles. The van der Waals surface area contributed by atoms with Crippen LogP contribution in [-0.2, 0) is 9.47 Å². The molecule has 0 aromatic heterocycles. The van der Waals surface area contributed by atoms with Gasteiger partial charge in [-0.05, 0) is 106 Å². The number of piperidine rings is 2. The highest BCUT2D eigenvalue weighted by Gasteiger charge is 2.49. The standard InChI is InChI=1S/C38H70N12O2/c1-13-21-51-33-43-29(27-23-35(5,6)47-37(9,10)25(27)3)49(39)31(45-33)41-19-17-15-16-18-20-42-32-46-34(52-22-14-2)44-30(50(32)40)28-24-36(7,8)48-38(11,12)26(28)4/h13-14,25-28,31-32,41-42,47-48H,1-2,15-24,39-40H2,3-12H3. The molecule has 4 aliphatic rings. The van der Waals surface area contributed by atoms with E-state index in [0.717, 1.165) is 63.3 Å². The van der Waals surface area contributed by atoms with E-state index < -0.39 is 12.6 Å². The van der Waals surface area contributed by atoms with Crippen LogP contribution in [0.15, 0.2) is 45.3 Å². The van der Waals surface area contributed by atoms with E-state index in [1.165, 1.54) is 0 Å². The van der Waals surface area contributed by atoms with E-state index in [1.54, 1.807) is 22.2 Å². The van der Waals surface area contributed by atoms with Gasteiger partial charge in [-0.15, -0.1) is 0 Å². The van der Waals surface area contributed by atoms with Gasteiger partial charge in [0.05, 0.1) is 0 Å². The summed E-state index contributed by atoms with van der Waals surface area (Å²) in [5.41, 5.74) is -0.315. The number of aliphatic imine (C=N–C) groups is 4. The smallest absolute Gasteiger partial charge is 0.317 e. The number of rotatable bonds is 15. The first kappa shape index (κ1) is 41.9. The van der Waals surface area contributed by atoms with Crippen molar-refractivity contribution >= 4 is 23.7 Å². The lowest BCUT2D eigenvalue weighted by Gasteiger charge is -2.52. The first-order valence-corrected chi connectivity index (χ1v) is 19.2. The van der Waals surface area contributed by atoms with E-state index >= 15 is 0 Å². The Labute approximate surface area is 313 Å². The minimum absolute atomic E-state index is 0.0676. The minimum atomic E-state index is -0.464. The maximum atomic E-state index is 6.75. The maximum Gasteiger partial charge on any atom is 0.317 e. The number of nitrogens with one attached hydrogen (secondary N) is 4. The average molecular weight is 727 g/mol. The molecular formula is C38H70N12O2. The summed E-state index contributed by atoms with van der Waals surface area (Å²) in [6.45, 7) is 32.2. The lowest BCUT2D eigenvalue weighted by Crippen LogP contribution is -2.66. The lowest BCUT2D eigenvalue weighted by molar-refractivity contribution is 0.0842. The van der Waals surface area contributed by atoms with Crippen LogP contribution in [0.5, 0.6) is 0 Å². The molecule has 6 unspecified atom stereocenters. The summed E-state index contributed by atoms with van der Waals surface area (Å²) in [5, 5.41) is 18.1. The van der Waals surface area contributed by atoms with Crippen molar-refractivity contribution in [1.82, 2.24) is 31.3 Å². The molecule has 14 nitrogen and oxygen atoms in total. The Morgan fingerprint density at radius 3 is 1.40 bits per heavy atom. The van der Waals surface area contributed by atoms with Gasteiger partial charge in [-0.2, -0.15) is 20.0 Å². The molecule has 4 aliphatic heterocycles. The van der Waals surface area contributed by atoms with Crippen LogP contribution in [0.2, 0.25) is 0 Å². The van der Waals surface area contributed by atoms with Crippen LogP contribution in [-0.4, -0.2) is 94.8 Å². The van der Waals surface area contributed by atoms with Gasteiger partial charge in [0.1, 0.15) is 24.9 Å². The second-order valence-electron chi connectivity index (χ2n) is 17.5. The summed E-state index contributed by atoms with van der Waals surface area (Å²) < 4.78 is 11.7. The van der Waals surface area contributed by atoms with Gasteiger partial charge in [0.25, 0.3) is 0 Å². The summed E-state index contributed by atoms with van der Waals surface area (Å²) in [4.78, 5) is 19.0. The van der Waals surface area contributed by atoms with Gasteiger partial charge in [-0.25, -0.2) is 11.7 Å². The van der Waals surface area contributed by atoms with Crippen molar-refractivity contribution in [2.75, 3.05) is 26.3 Å². The Balaban J connectivity index is 1.29. The van der Waals surface area contributed by atoms with Crippen molar-refractivity contribution in [2.24, 2.45) is 55.3 Å². The number of unbranched alkanes of at least 4 members (excludes halogenated alkanes) is 3. The fraction of sp³-hybridized carbons (Fsp3) is 0.789. The van der Waals surface area contributed by atoms with Gasteiger partial charge in [0, 0.05) is 34.0 Å². The van der Waals surface area contributed by atoms with E-state index in [0.29, 0.717) is 37.1 Å². The predicted molar refractivity (Wildman–Crippen MR) is 213 cm³/mol. The van der Waals surface area contributed by atoms with Crippen LogP contribution in [0.4, 0.5) is 0 Å². The van der Waals surface area contributed by atoms with Crippen LogP contribution in [0, 0.1) is 23.7 Å². The van der Waals surface area contributed by atoms with Crippen LogP contribution in [0.3, 0.4) is 0 Å². The summed E-state index contributed by atoms with van der Waals surface area (Å²) >= 11 is 0. The predicted octanol–water partition coefficient (Wildman–Crippen LogP) is 4.19. The summed E-state index contributed by atoms with van der Waals surface area (Å²) in [6.07, 6.45) is 8.31. The maximum absolute atomic E-state index is 6.75. The molecule has 0 aliphatic carbocycles. The number of ether oxygens (including phenoxy) is 2. The van der Waals surface area contributed by atoms with Crippen molar-refractivity contribution in [1.29, 1.82) is 0 Å². The van der Waals surface area contributed by atoms with E-state index in [-0.39, 0.29) is 34.0 Å². The summed E-state index contributed by atoms with van der Waals surface area (Å²) in [7, 11) is 0. The van der Waals surface area contributed by atoms with Crippen LogP contribution < -0.4 is 33.0 Å². The highest BCUT2D eigenvalue weighted by molar-refractivity contribution is 5.97. The van der Waals surface area contributed by atoms with Gasteiger partial charge in [0.15, 0.2) is 12.6 Å². The Hall–Kier alpha value is -2.88. The van der Waals surface area contributed by atoms with E-state index in [1.807, 2.05) is 0 Å². The highest BCUT2D eigenvalue weighted by Crippen LogP contribution is 2.41. The molecule has 6 atom stereocenters. The fourth-order valence-corrected chi connectivity index (χ4v) is 8.42. The molecule has 0 spiro atoms. The number of hydrogen-bond donors (Lipinski definition) is 6. The molecule has 52 heavy (non-hydrogen) atoms. The third-order valence-electron chi connectivity index (χ3n) is 11.3. The second kappa shape index (κ2) is 17.1. The normalized spacial score (nSPS) is 30.8. The first-order valence-electron chi connectivity index (χ1n) is 19.2. The summed E-state index contributed by atoms with van der Waals surface area (Å²) in [5.74, 6) is 16.0. The minimum Gasteiger partial charge on any atom is -0.459 e. The monoisotopic (exact) mass is 727 g/mol. The van der Waals surface area contributed by atoms with Gasteiger partial charge < -0.3 is 20.1 Å². The molecule has 0 radical (unpaired) electrons. The molecule has 4 heterocycles. The molecule has 0 aromatic rings. The van der Waals surface area contributed by atoms with Crippen molar-refractivity contribution in [3.63, 3.8) is 0 Å². The van der Waals surface area contributed by atoms with E-state index in [2.05, 4.69) is 104 Å². The van der Waals surface area contributed by atoms with Gasteiger partial charge in [0.2, 0.25) is 0 Å². The molecule has 8 N–H and O–H groups in total. The molecule has 0 saturated carbocycles. The number of amidine groups is 4. The molecule has 294 valence electrons. The number of nitrogens with zero attached hydrogens (tertiary/aromatic N) is 6. The molecule has 14 heteroatoms. The Morgan fingerprint density at radius 1 is 0.692 bits per heavy atom. The number of hydrazine groups is 2. The molecular weight excluding hydrogens is 656 g/mol. The van der Waals surface area contributed by atoms with Crippen LogP contribution in [0.1, 0.15) is 108 Å². The van der Waals surface area contributed by atoms with Gasteiger partial charge >= 0.3 is 12.0 Å². The quantitative estimate of drug-likeness (QED) is 0.0816. The third kappa shape index (κ3) is 10.4. The second-order valence-corrected chi connectivity index (χ2v) is 17.5. The first-order chi connectivity index (χ1) is 24.3. The Kier molecular flexibility index (Phi) is 13.7. The van der Waals surface area contributed by atoms with Crippen LogP contribution >= 0.6 is 0 Å². The topological polar surface area (TPSA) is 175 Å². The molecule has 4 rings (SSSR count). The Bertz CT molecular complexity index is 1270. The SMILES string of the molecule is C=CCOC1=NC(NCCCCCCNC2N=C(OCC=C)N=C(C3CC(C)(C)NC(C)(C)C3C)N2N)N(N)C(C2CC(C)(C)NC(C)(C)C2C)=N1. The molecule has 0 aromatic carbocycles. The average Bonchev–Trinajstić information content (AvgIpc) is 3.04. The van der Waals surface area contributed by atoms with Gasteiger partial charge in [-0.1, -0.05) is 52.0 Å². The molecule has 0 amide bonds. The van der Waals surface area contributed by atoms with Crippen molar-refractivity contribution < 1.29 is 9.47 Å². The van der Waals surface area contributed by atoms with Crippen molar-refractivity contribution in [3.05, 3.63) is 25.3 Å². The fourth-order valence-electron chi connectivity index (χ4n) is 8.42. The molecule has 0 bridgehead atoms. The zero-order valence-corrected chi connectivity index (χ0v) is 33.8. The molecule has 2 fully saturated rings. The number of nitrogens with two attached hydrogens (primary N) is 2. The summed E-state index contributed by atoms with van der Waals surface area (Å²) in [6, 6.07) is 0.684. The van der Waals surface area contributed by atoms with E-state index in [9.17, 15) is 0 Å². The zero-order chi connectivity index (χ0) is 38.5. The number of hydrogen-bond acceptors (Lipinski definition) is 14. The van der Waals surface area contributed by atoms with Crippen molar-refractivity contribution in [2.45, 2.75) is 142 Å². The highest BCUT2D eigenvalue weighted by atomic mass is 16.5. The van der Waals surface area contributed by atoms with Gasteiger partial charge in [-0.3, -0.25) is 20.7 Å². The van der Waals surface area contributed by atoms with E-state index in [4.69, 9.17) is 41.1 Å². The lowest BCUT2D eigenvalue weighted by atomic mass is 9.68. The zero-order valence-electron chi connectivity index (χ0n) is 33.8. The Morgan fingerprint density at radius 2 is 1.06 bits per heavy atom. The third-order valence-corrected chi connectivity index (χ3v) is 11.3. The largest absolute Gasteiger partial charge is 0.459 e.